The molecule has 1 aromatic carbocycles. The summed E-state index contributed by atoms with van der Waals surface area (Å²) in [5, 5.41) is 1.85. The Labute approximate surface area is 185 Å². The first-order chi connectivity index (χ1) is 15.0. The van der Waals surface area contributed by atoms with Gasteiger partial charge in [0.1, 0.15) is 12.4 Å². The maximum absolute atomic E-state index is 12.8. The minimum atomic E-state index is -0.139. The number of rotatable bonds is 4. The van der Waals surface area contributed by atoms with Crippen molar-refractivity contribution in [3.63, 3.8) is 0 Å². The van der Waals surface area contributed by atoms with Gasteiger partial charge in [0.25, 0.3) is 5.56 Å². The van der Waals surface area contributed by atoms with Gasteiger partial charge >= 0.3 is 0 Å². The van der Waals surface area contributed by atoms with Crippen LogP contribution < -0.4 is 10.3 Å². The van der Waals surface area contributed by atoms with E-state index in [1.54, 1.807) is 35.2 Å². The van der Waals surface area contributed by atoms with Gasteiger partial charge in [0, 0.05) is 49.7 Å². The standard InChI is InChI=1S/C24H23ClN4O2/c1-27-9-8-21-20-6-5-18(11-22(20)28(2)23(21)14-27)29-10-7-19(12-24(29)30)31-15-17-4-3-16(25)13-26-17/h3-7,10-13H,8-9,14-15H2,1-2H3. The Morgan fingerprint density at radius 1 is 1.13 bits per heavy atom. The molecule has 4 aromatic rings. The van der Waals surface area contributed by atoms with Crippen LogP contribution in [0.2, 0.25) is 5.02 Å². The number of ether oxygens (including phenoxy) is 1. The fourth-order valence-electron chi connectivity index (χ4n) is 4.24. The van der Waals surface area contributed by atoms with Crippen LogP contribution in [0, 0.1) is 0 Å². The minimum Gasteiger partial charge on any atom is -0.487 e. The van der Waals surface area contributed by atoms with Crippen molar-refractivity contribution in [3.05, 3.63) is 87.2 Å². The average molecular weight is 435 g/mol. The van der Waals surface area contributed by atoms with Crippen LogP contribution in [0.4, 0.5) is 0 Å². The number of aryl methyl sites for hydroxylation is 1. The normalized spacial score (nSPS) is 14.0. The van der Waals surface area contributed by atoms with Crippen LogP contribution in [0.5, 0.6) is 5.75 Å². The molecule has 0 radical (unpaired) electrons. The van der Waals surface area contributed by atoms with E-state index in [0.717, 1.165) is 36.4 Å². The predicted molar refractivity (Wildman–Crippen MR) is 122 cm³/mol. The molecule has 31 heavy (non-hydrogen) atoms. The zero-order valence-electron chi connectivity index (χ0n) is 17.5. The smallest absolute Gasteiger partial charge is 0.258 e. The zero-order chi connectivity index (χ0) is 21.5. The first-order valence-corrected chi connectivity index (χ1v) is 10.6. The number of likely N-dealkylation sites (N-methyl/N-ethyl adjacent to an activating group) is 1. The third-order valence-corrected chi connectivity index (χ3v) is 6.15. The third-order valence-electron chi connectivity index (χ3n) is 5.93. The van der Waals surface area contributed by atoms with Crippen LogP contribution in [0.3, 0.4) is 0 Å². The summed E-state index contributed by atoms with van der Waals surface area (Å²) in [6.45, 7) is 2.29. The van der Waals surface area contributed by atoms with Crippen LogP contribution in [0.25, 0.3) is 16.6 Å². The van der Waals surface area contributed by atoms with E-state index in [1.807, 2.05) is 6.07 Å². The lowest BCUT2D eigenvalue weighted by Crippen LogP contribution is -2.27. The monoisotopic (exact) mass is 434 g/mol. The second-order valence-corrected chi connectivity index (χ2v) is 8.44. The molecule has 0 saturated heterocycles. The molecule has 1 aliphatic rings. The van der Waals surface area contributed by atoms with E-state index in [-0.39, 0.29) is 12.2 Å². The van der Waals surface area contributed by atoms with Gasteiger partial charge in [-0.05, 0) is 49.4 Å². The number of hydrogen-bond donors (Lipinski definition) is 0. The topological polar surface area (TPSA) is 52.3 Å². The first-order valence-electron chi connectivity index (χ1n) is 10.2. The lowest BCUT2D eigenvalue weighted by Gasteiger charge is -2.23. The molecule has 0 unspecified atom stereocenters. The molecule has 0 saturated carbocycles. The van der Waals surface area contributed by atoms with Crippen LogP contribution in [-0.4, -0.2) is 32.6 Å². The van der Waals surface area contributed by atoms with Crippen molar-refractivity contribution in [2.75, 3.05) is 13.6 Å². The van der Waals surface area contributed by atoms with Gasteiger partial charge in [0.15, 0.2) is 0 Å². The summed E-state index contributed by atoms with van der Waals surface area (Å²) in [5.41, 5.74) is 5.38. The summed E-state index contributed by atoms with van der Waals surface area (Å²) in [5.74, 6) is 0.511. The van der Waals surface area contributed by atoms with Crippen LogP contribution in [0.15, 0.2) is 59.7 Å². The molecule has 158 valence electrons. The van der Waals surface area contributed by atoms with Crippen molar-refractivity contribution < 1.29 is 4.74 Å². The molecule has 0 amide bonds. The largest absolute Gasteiger partial charge is 0.487 e. The van der Waals surface area contributed by atoms with Crippen molar-refractivity contribution in [2.24, 2.45) is 7.05 Å². The number of benzene rings is 1. The fourth-order valence-corrected chi connectivity index (χ4v) is 4.35. The van der Waals surface area contributed by atoms with Gasteiger partial charge in [-0.2, -0.15) is 0 Å². The number of halogens is 1. The Kier molecular flexibility index (Phi) is 5.04. The Morgan fingerprint density at radius 2 is 2.00 bits per heavy atom. The zero-order valence-corrected chi connectivity index (χ0v) is 18.3. The Morgan fingerprint density at radius 3 is 2.77 bits per heavy atom. The molecule has 0 aliphatic carbocycles. The Hall–Kier alpha value is -3.09. The van der Waals surface area contributed by atoms with Gasteiger partial charge < -0.3 is 14.2 Å². The van der Waals surface area contributed by atoms with Crippen molar-refractivity contribution in [1.29, 1.82) is 0 Å². The molecule has 0 bridgehead atoms. The Bertz CT molecular complexity index is 1320. The molecule has 4 heterocycles. The highest BCUT2D eigenvalue weighted by molar-refractivity contribution is 6.30. The van der Waals surface area contributed by atoms with Crippen molar-refractivity contribution in [3.8, 4) is 11.4 Å². The molecule has 7 heteroatoms. The van der Waals surface area contributed by atoms with Crippen molar-refractivity contribution >= 4 is 22.5 Å². The highest BCUT2D eigenvalue weighted by Gasteiger charge is 2.21. The van der Waals surface area contributed by atoms with Gasteiger partial charge in [-0.1, -0.05) is 17.7 Å². The molecule has 0 fully saturated rings. The van der Waals surface area contributed by atoms with E-state index in [0.29, 0.717) is 10.8 Å². The number of pyridine rings is 2. The second kappa shape index (κ2) is 7.87. The van der Waals surface area contributed by atoms with Crippen molar-refractivity contribution in [2.45, 2.75) is 19.6 Å². The van der Waals surface area contributed by atoms with Gasteiger partial charge in [0.2, 0.25) is 0 Å². The number of nitrogens with zero attached hydrogens (tertiary/aromatic N) is 4. The quantitative estimate of drug-likeness (QED) is 0.488. The van der Waals surface area contributed by atoms with Crippen molar-refractivity contribution in [1.82, 2.24) is 19.0 Å². The molecule has 0 atom stereocenters. The van der Waals surface area contributed by atoms with Gasteiger partial charge in [0.05, 0.1) is 21.9 Å². The highest BCUT2D eigenvalue weighted by atomic mass is 35.5. The van der Waals surface area contributed by atoms with Crippen LogP contribution in [-0.2, 0) is 26.6 Å². The number of fused-ring (bicyclic) bond motifs is 3. The van der Waals surface area contributed by atoms with E-state index >= 15 is 0 Å². The van der Waals surface area contributed by atoms with Crippen LogP contribution >= 0.6 is 11.6 Å². The first kappa shape index (κ1) is 19.8. The molecular weight excluding hydrogens is 412 g/mol. The van der Waals surface area contributed by atoms with E-state index in [4.69, 9.17) is 16.3 Å². The lowest BCUT2D eigenvalue weighted by atomic mass is 10.0. The Balaban J connectivity index is 1.43. The lowest BCUT2D eigenvalue weighted by molar-refractivity contribution is 0.300. The van der Waals surface area contributed by atoms with E-state index in [9.17, 15) is 4.79 Å². The molecule has 1 aliphatic heterocycles. The SMILES string of the molecule is CN1CCc2c(n(C)c3cc(-n4ccc(OCc5ccc(Cl)cn5)cc4=O)ccc23)C1. The van der Waals surface area contributed by atoms with Crippen LogP contribution in [0.1, 0.15) is 17.0 Å². The van der Waals surface area contributed by atoms with E-state index < -0.39 is 0 Å². The number of aromatic nitrogens is 3. The molecule has 6 nitrogen and oxygen atoms in total. The number of hydrogen-bond acceptors (Lipinski definition) is 4. The summed E-state index contributed by atoms with van der Waals surface area (Å²) < 4.78 is 9.63. The molecule has 5 rings (SSSR count). The predicted octanol–water partition coefficient (Wildman–Crippen LogP) is 3.94. The molecule has 0 spiro atoms. The molecule has 3 aromatic heterocycles. The highest BCUT2D eigenvalue weighted by Crippen LogP contribution is 2.31. The summed E-state index contributed by atoms with van der Waals surface area (Å²) >= 11 is 5.86. The summed E-state index contributed by atoms with van der Waals surface area (Å²) in [6.07, 6.45) is 4.38. The van der Waals surface area contributed by atoms with Gasteiger partial charge in [-0.3, -0.25) is 14.3 Å². The fraction of sp³-hybridized carbons (Fsp3) is 0.250. The van der Waals surface area contributed by atoms with E-state index in [2.05, 4.69) is 40.7 Å². The third kappa shape index (κ3) is 3.73. The van der Waals surface area contributed by atoms with E-state index in [1.165, 1.54) is 22.7 Å². The summed E-state index contributed by atoms with van der Waals surface area (Å²) in [6, 6.07) is 13.1. The average Bonchev–Trinajstić information content (AvgIpc) is 3.04. The molecule has 0 N–H and O–H groups in total. The summed E-state index contributed by atoms with van der Waals surface area (Å²) in [4.78, 5) is 19.3. The molecular formula is C24H23ClN4O2. The maximum Gasteiger partial charge on any atom is 0.258 e. The second-order valence-electron chi connectivity index (χ2n) is 8.00. The van der Waals surface area contributed by atoms with Gasteiger partial charge in [-0.15, -0.1) is 0 Å². The minimum absolute atomic E-state index is 0.139. The van der Waals surface area contributed by atoms with Gasteiger partial charge in [-0.25, -0.2) is 0 Å². The summed E-state index contributed by atoms with van der Waals surface area (Å²) in [7, 11) is 4.26. The maximum atomic E-state index is 12.8.